The number of carbonyl (C=O) groups is 2. The molecule has 25 heavy (non-hydrogen) atoms. The van der Waals surface area contributed by atoms with Crippen LogP contribution in [0.25, 0.3) is 11.2 Å². The molecule has 1 aliphatic rings. The number of nitrogens with two attached hydrogens (primary N) is 1. The average molecular weight is 351 g/mol. The quantitative estimate of drug-likeness (QED) is 0.667. The number of rotatable bonds is 4. The first kappa shape index (κ1) is 17.0. The number of aromatic nitrogens is 4. The molecule has 1 fully saturated rings. The van der Waals surface area contributed by atoms with Gasteiger partial charge in [-0.3, -0.25) is 14.2 Å². The Balaban J connectivity index is 2.04. The van der Waals surface area contributed by atoms with Crippen molar-refractivity contribution in [3.05, 3.63) is 12.7 Å². The highest BCUT2D eigenvalue weighted by Gasteiger charge is 2.50. The molecule has 11 heteroatoms. The van der Waals surface area contributed by atoms with Gasteiger partial charge in [0.05, 0.1) is 12.9 Å². The van der Waals surface area contributed by atoms with Crippen LogP contribution in [0.1, 0.15) is 20.1 Å². The number of fused-ring (bicyclic) bond motifs is 1. The van der Waals surface area contributed by atoms with Crippen LogP contribution in [-0.2, 0) is 23.8 Å². The maximum atomic E-state index is 11.5. The summed E-state index contributed by atoms with van der Waals surface area (Å²) in [5.41, 5.74) is 6.48. The zero-order valence-corrected chi connectivity index (χ0v) is 13.5. The number of imidazole rings is 1. The van der Waals surface area contributed by atoms with Gasteiger partial charge in [-0.1, -0.05) is 0 Å². The van der Waals surface area contributed by atoms with Gasteiger partial charge in [-0.2, -0.15) is 0 Å². The number of ether oxygens (including phenoxy) is 3. The molecule has 0 aromatic carbocycles. The zero-order chi connectivity index (χ0) is 18.1. The van der Waals surface area contributed by atoms with Crippen molar-refractivity contribution in [3.63, 3.8) is 0 Å². The first-order chi connectivity index (χ1) is 11.9. The van der Waals surface area contributed by atoms with E-state index in [9.17, 15) is 14.7 Å². The van der Waals surface area contributed by atoms with Crippen LogP contribution in [0, 0.1) is 0 Å². The molecular formula is C14H17N5O6. The molecular weight excluding hydrogens is 334 g/mol. The Labute approximate surface area is 141 Å². The van der Waals surface area contributed by atoms with Crippen molar-refractivity contribution in [1.29, 1.82) is 0 Å². The SMILES string of the molecule is CC(=O)O[C@@H]1[C@H](OC(C)=O)[C@H](CO)O[C@H]1n1cnc2c(N)ncnc21. The molecule has 0 saturated carbocycles. The highest BCUT2D eigenvalue weighted by molar-refractivity contribution is 5.81. The van der Waals surface area contributed by atoms with Crippen molar-refractivity contribution in [2.24, 2.45) is 0 Å². The molecule has 0 spiro atoms. The van der Waals surface area contributed by atoms with Crippen molar-refractivity contribution in [1.82, 2.24) is 19.5 Å². The summed E-state index contributed by atoms with van der Waals surface area (Å²) in [6.45, 7) is 2.00. The van der Waals surface area contributed by atoms with Gasteiger partial charge in [0.25, 0.3) is 0 Å². The molecule has 3 rings (SSSR count). The Bertz CT molecular complexity index is 808. The highest BCUT2D eigenvalue weighted by Crippen LogP contribution is 2.35. The van der Waals surface area contributed by atoms with Gasteiger partial charge in [0.2, 0.25) is 0 Å². The van der Waals surface area contributed by atoms with Crippen LogP contribution in [0.3, 0.4) is 0 Å². The van der Waals surface area contributed by atoms with Crippen LogP contribution in [0.2, 0.25) is 0 Å². The lowest BCUT2D eigenvalue weighted by Gasteiger charge is -2.23. The summed E-state index contributed by atoms with van der Waals surface area (Å²) in [4.78, 5) is 35.0. The lowest BCUT2D eigenvalue weighted by atomic mass is 10.1. The van der Waals surface area contributed by atoms with Crippen LogP contribution in [-0.4, -0.2) is 61.5 Å². The molecule has 11 nitrogen and oxygen atoms in total. The van der Waals surface area contributed by atoms with Crippen LogP contribution < -0.4 is 5.73 Å². The molecule has 1 saturated heterocycles. The second kappa shape index (κ2) is 6.61. The predicted molar refractivity (Wildman–Crippen MR) is 81.8 cm³/mol. The van der Waals surface area contributed by atoms with Gasteiger partial charge in [-0.15, -0.1) is 0 Å². The third-order valence-electron chi connectivity index (χ3n) is 3.73. The van der Waals surface area contributed by atoms with Crippen molar-refractivity contribution < 1.29 is 28.9 Å². The minimum absolute atomic E-state index is 0.182. The van der Waals surface area contributed by atoms with Crippen LogP contribution in [0.15, 0.2) is 12.7 Å². The number of carbonyl (C=O) groups excluding carboxylic acids is 2. The average Bonchev–Trinajstić information content (AvgIpc) is 3.10. The summed E-state index contributed by atoms with van der Waals surface area (Å²) in [5, 5.41) is 9.55. The van der Waals surface area contributed by atoms with E-state index in [2.05, 4.69) is 15.0 Å². The summed E-state index contributed by atoms with van der Waals surface area (Å²) >= 11 is 0. The highest BCUT2D eigenvalue weighted by atomic mass is 16.6. The third kappa shape index (κ3) is 3.10. The first-order valence-electron chi connectivity index (χ1n) is 7.46. The van der Waals surface area contributed by atoms with E-state index in [4.69, 9.17) is 19.9 Å². The van der Waals surface area contributed by atoms with E-state index < -0.39 is 43.1 Å². The molecule has 0 aliphatic carbocycles. The van der Waals surface area contributed by atoms with E-state index in [1.54, 1.807) is 0 Å². The fourth-order valence-corrected chi connectivity index (χ4v) is 2.79. The summed E-state index contributed by atoms with van der Waals surface area (Å²) < 4.78 is 17.7. The number of esters is 2. The standard InChI is InChI=1S/C14H17N5O6/c1-6(21)23-10-8(3-20)25-14(11(10)24-7(2)22)19-5-18-9-12(15)16-4-17-13(9)19/h4-5,8,10-11,14,20H,3H2,1-2H3,(H2,15,16,17)/t8-,10+,11+,14+/m0/s1. The van der Waals surface area contributed by atoms with Gasteiger partial charge in [0.15, 0.2) is 29.9 Å². The molecule has 4 atom stereocenters. The lowest BCUT2D eigenvalue weighted by molar-refractivity contribution is -0.165. The predicted octanol–water partition coefficient (Wildman–Crippen LogP) is -0.838. The molecule has 0 radical (unpaired) electrons. The number of nitrogen functional groups attached to an aromatic ring is 1. The van der Waals surface area contributed by atoms with Gasteiger partial charge < -0.3 is 25.1 Å². The topological polar surface area (TPSA) is 152 Å². The lowest BCUT2D eigenvalue weighted by Crippen LogP contribution is -2.40. The summed E-state index contributed by atoms with van der Waals surface area (Å²) in [6.07, 6.45) is -1.10. The second-order valence-electron chi connectivity index (χ2n) is 5.48. The summed E-state index contributed by atoms with van der Waals surface area (Å²) in [7, 11) is 0. The van der Waals surface area contributed by atoms with E-state index in [-0.39, 0.29) is 5.82 Å². The Kier molecular flexibility index (Phi) is 4.51. The Hall–Kier alpha value is -2.79. The number of aliphatic hydroxyl groups excluding tert-OH is 1. The fraction of sp³-hybridized carbons (Fsp3) is 0.500. The number of aliphatic hydroxyl groups is 1. The molecule has 0 amide bonds. The Morgan fingerprint density at radius 2 is 1.92 bits per heavy atom. The van der Waals surface area contributed by atoms with Crippen LogP contribution in [0.4, 0.5) is 5.82 Å². The number of anilines is 1. The van der Waals surface area contributed by atoms with E-state index in [1.807, 2.05) is 0 Å². The van der Waals surface area contributed by atoms with Gasteiger partial charge >= 0.3 is 11.9 Å². The van der Waals surface area contributed by atoms with Gasteiger partial charge in [-0.25, -0.2) is 15.0 Å². The number of hydrogen-bond acceptors (Lipinski definition) is 10. The Morgan fingerprint density at radius 3 is 2.56 bits per heavy atom. The maximum Gasteiger partial charge on any atom is 0.303 e. The monoisotopic (exact) mass is 351 g/mol. The minimum Gasteiger partial charge on any atom is -0.456 e. The molecule has 3 heterocycles. The van der Waals surface area contributed by atoms with Gasteiger partial charge in [0, 0.05) is 13.8 Å². The zero-order valence-electron chi connectivity index (χ0n) is 13.5. The van der Waals surface area contributed by atoms with Crippen molar-refractivity contribution in [2.75, 3.05) is 12.3 Å². The smallest absolute Gasteiger partial charge is 0.303 e. The molecule has 0 bridgehead atoms. The first-order valence-corrected chi connectivity index (χ1v) is 7.46. The van der Waals surface area contributed by atoms with Crippen molar-refractivity contribution >= 4 is 28.9 Å². The van der Waals surface area contributed by atoms with E-state index in [0.717, 1.165) is 0 Å². The van der Waals surface area contributed by atoms with Gasteiger partial charge in [0.1, 0.15) is 17.9 Å². The fourth-order valence-electron chi connectivity index (χ4n) is 2.79. The van der Waals surface area contributed by atoms with E-state index in [1.165, 1.54) is 31.1 Å². The molecule has 2 aromatic heterocycles. The number of hydrogen-bond donors (Lipinski definition) is 2. The number of nitrogens with zero attached hydrogens (tertiary/aromatic N) is 4. The normalized spacial score (nSPS) is 25.9. The maximum absolute atomic E-state index is 11.5. The van der Waals surface area contributed by atoms with Crippen molar-refractivity contribution in [2.45, 2.75) is 38.4 Å². The summed E-state index contributed by atoms with van der Waals surface area (Å²) in [5.74, 6) is -0.999. The third-order valence-corrected chi connectivity index (χ3v) is 3.73. The van der Waals surface area contributed by atoms with Crippen molar-refractivity contribution in [3.8, 4) is 0 Å². The van der Waals surface area contributed by atoms with Crippen LogP contribution in [0.5, 0.6) is 0 Å². The second-order valence-corrected chi connectivity index (χ2v) is 5.48. The Morgan fingerprint density at radius 1 is 1.24 bits per heavy atom. The molecule has 0 unspecified atom stereocenters. The molecule has 3 N–H and O–H groups in total. The minimum atomic E-state index is -0.993. The molecule has 1 aliphatic heterocycles. The largest absolute Gasteiger partial charge is 0.456 e. The van der Waals surface area contributed by atoms with Gasteiger partial charge in [-0.05, 0) is 0 Å². The molecule has 134 valence electrons. The summed E-state index contributed by atoms with van der Waals surface area (Å²) in [6, 6.07) is 0. The van der Waals surface area contributed by atoms with Crippen LogP contribution >= 0.6 is 0 Å². The molecule has 2 aromatic rings. The van der Waals surface area contributed by atoms with E-state index >= 15 is 0 Å². The van der Waals surface area contributed by atoms with E-state index in [0.29, 0.717) is 11.2 Å².